The molecule has 12 heteroatoms. The van der Waals surface area contributed by atoms with Gasteiger partial charge in [-0.1, -0.05) is 13.2 Å². The lowest BCUT2D eigenvalue weighted by molar-refractivity contribution is -0.133. The molecule has 0 aliphatic heterocycles. The molecule has 0 spiro atoms. The first-order valence-corrected chi connectivity index (χ1v) is 7.43. The van der Waals surface area contributed by atoms with E-state index in [2.05, 4.69) is 13.2 Å². The monoisotopic (exact) mass is 426 g/mol. The average molecular weight is 426 g/mol. The first kappa shape index (κ1) is 27.7. The molecule has 0 aromatic heterocycles. The van der Waals surface area contributed by atoms with Crippen molar-refractivity contribution in [3.8, 4) is 0 Å². The van der Waals surface area contributed by atoms with Crippen molar-refractivity contribution in [3.63, 3.8) is 0 Å². The van der Waals surface area contributed by atoms with Gasteiger partial charge >= 0.3 is 35.8 Å². The Kier molecular flexibility index (Phi) is 11.2. The van der Waals surface area contributed by atoms with Gasteiger partial charge in [0.25, 0.3) is 0 Å². The van der Waals surface area contributed by atoms with Gasteiger partial charge in [-0.25, -0.2) is 28.8 Å². The number of benzene rings is 1. The van der Waals surface area contributed by atoms with Gasteiger partial charge in [-0.15, -0.1) is 0 Å². The summed E-state index contributed by atoms with van der Waals surface area (Å²) in [7, 11) is 0. The minimum Gasteiger partial charge on any atom is -0.478 e. The van der Waals surface area contributed by atoms with Crippen LogP contribution >= 0.6 is 0 Å². The fraction of sp³-hybridized carbons (Fsp3) is 0.111. The Morgan fingerprint density at radius 3 is 0.733 bits per heavy atom. The molecule has 0 bridgehead atoms. The van der Waals surface area contributed by atoms with Gasteiger partial charge in [0.15, 0.2) is 0 Å². The van der Waals surface area contributed by atoms with Crippen LogP contribution in [0.25, 0.3) is 0 Å². The second kappa shape index (κ2) is 12.1. The molecular weight excluding hydrogens is 408 g/mol. The van der Waals surface area contributed by atoms with Crippen LogP contribution in [0.2, 0.25) is 0 Å². The van der Waals surface area contributed by atoms with Crippen molar-refractivity contribution < 1.29 is 59.4 Å². The molecule has 1 rings (SSSR count). The summed E-state index contributed by atoms with van der Waals surface area (Å²) in [5, 5.41) is 50.8. The van der Waals surface area contributed by atoms with Gasteiger partial charge in [0.05, 0.1) is 22.3 Å². The van der Waals surface area contributed by atoms with E-state index in [1.807, 2.05) is 0 Å². The largest absolute Gasteiger partial charge is 0.478 e. The molecule has 162 valence electrons. The minimum absolute atomic E-state index is 0.176. The van der Waals surface area contributed by atoms with Crippen molar-refractivity contribution in [2.75, 3.05) is 0 Å². The first-order valence-electron chi connectivity index (χ1n) is 7.43. The van der Waals surface area contributed by atoms with Gasteiger partial charge in [0.1, 0.15) is 0 Å². The SMILES string of the molecule is C=C(C)C(=O)O.C=C(C)C(=O)O.O=C(O)c1cc(C(=O)O)c(C(=O)O)cc1C(=O)O. The van der Waals surface area contributed by atoms with E-state index in [0.29, 0.717) is 12.1 Å². The number of aromatic carboxylic acids is 4. The predicted octanol–water partition coefficient (Wildman–Crippen LogP) is 1.77. The highest BCUT2D eigenvalue weighted by atomic mass is 16.4. The van der Waals surface area contributed by atoms with E-state index >= 15 is 0 Å². The van der Waals surface area contributed by atoms with E-state index in [0.717, 1.165) is 0 Å². The highest BCUT2D eigenvalue weighted by Gasteiger charge is 2.24. The third-order valence-electron chi connectivity index (χ3n) is 2.81. The summed E-state index contributed by atoms with van der Waals surface area (Å²) in [6, 6.07) is 1.02. The van der Waals surface area contributed by atoms with Crippen molar-refractivity contribution in [2.24, 2.45) is 0 Å². The van der Waals surface area contributed by atoms with Crippen molar-refractivity contribution in [2.45, 2.75) is 13.8 Å². The van der Waals surface area contributed by atoms with E-state index in [1.165, 1.54) is 13.8 Å². The standard InChI is InChI=1S/C10H6O8.2C4H6O2/c11-7(12)3-1-4(8(13)14)6(10(17)18)2-5(3)9(15)16;2*1-3(2)4(5)6/h1-2H,(H,11,12)(H,13,14)(H,15,16)(H,17,18);2*1H2,2H3,(H,5,6). The van der Waals surface area contributed by atoms with Crippen molar-refractivity contribution in [1.29, 1.82) is 0 Å². The number of hydrogen-bond acceptors (Lipinski definition) is 6. The van der Waals surface area contributed by atoms with Gasteiger partial charge in [-0.2, -0.15) is 0 Å². The maximum absolute atomic E-state index is 10.8. The molecular formula is C18H18O12. The van der Waals surface area contributed by atoms with Crippen molar-refractivity contribution in [3.05, 3.63) is 58.7 Å². The number of aliphatic carboxylic acids is 2. The molecule has 0 aliphatic rings. The predicted molar refractivity (Wildman–Crippen MR) is 99.2 cm³/mol. The third-order valence-corrected chi connectivity index (χ3v) is 2.81. The molecule has 6 N–H and O–H groups in total. The van der Waals surface area contributed by atoms with Gasteiger partial charge in [0.2, 0.25) is 0 Å². The summed E-state index contributed by atoms with van der Waals surface area (Å²) in [6.07, 6.45) is 0. The van der Waals surface area contributed by atoms with Gasteiger partial charge < -0.3 is 30.6 Å². The van der Waals surface area contributed by atoms with Crippen LogP contribution in [0.5, 0.6) is 0 Å². The molecule has 0 unspecified atom stereocenters. The highest BCUT2D eigenvalue weighted by molar-refractivity contribution is 6.09. The quantitative estimate of drug-likeness (QED) is 0.358. The molecule has 0 atom stereocenters. The summed E-state index contributed by atoms with van der Waals surface area (Å²) >= 11 is 0. The van der Waals surface area contributed by atoms with E-state index < -0.39 is 58.1 Å². The van der Waals surface area contributed by atoms with Crippen LogP contribution in [0.15, 0.2) is 36.4 Å². The molecule has 0 aliphatic carbocycles. The molecule has 30 heavy (non-hydrogen) atoms. The van der Waals surface area contributed by atoms with E-state index in [-0.39, 0.29) is 11.1 Å². The smallest absolute Gasteiger partial charge is 0.336 e. The molecule has 0 fully saturated rings. The van der Waals surface area contributed by atoms with Crippen LogP contribution in [0.3, 0.4) is 0 Å². The third kappa shape index (κ3) is 9.45. The fourth-order valence-corrected chi connectivity index (χ4v) is 1.31. The van der Waals surface area contributed by atoms with Crippen molar-refractivity contribution >= 4 is 35.8 Å². The van der Waals surface area contributed by atoms with E-state index in [9.17, 15) is 28.8 Å². The van der Waals surface area contributed by atoms with Crippen LogP contribution in [0.1, 0.15) is 55.3 Å². The zero-order chi connectivity index (χ0) is 24.3. The zero-order valence-electron chi connectivity index (χ0n) is 15.7. The summed E-state index contributed by atoms with van der Waals surface area (Å²) in [4.78, 5) is 62.3. The summed E-state index contributed by atoms with van der Waals surface area (Å²) in [5.74, 6) is -8.51. The lowest BCUT2D eigenvalue weighted by Gasteiger charge is -2.06. The topological polar surface area (TPSA) is 224 Å². The molecule has 0 heterocycles. The Hall–Kier alpha value is -4.48. The van der Waals surface area contributed by atoms with Crippen LogP contribution in [-0.4, -0.2) is 66.5 Å². The first-order chi connectivity index (χ1) is 13.5. The Morgan fingerprint density at radius 1 is 0.533 bits per heavy atom. The van der Waals surface area contributed by atoms with E-state index in [4.69, 9.17) is 30.6 Å². The van der Waals surface area contributed by atoms with Gasteiger partial charge in [0, 0.05) is 11.1 Å². The maximum atomic E-state index is 10.8. The molecule has 0 saturated heterocycles. The molecule has 0 saturated carbocycles. The Balaban J connectivity index is 0. The second-order valence-electron chi connectivity index (χ2n) is 5.33. The lowest BCUT2D eigenvalue weighted by atomic mass is 9.98. The van der Waals surface area contributed by atoms with E-state index in [1.54, 1.807) is 0 Å². The number of carbonyl (C=O) groups is 6. The molecule has 12 nitrogen and oxygen atoms in total. The Labute approximate surface area is 168 Å². The van der Waals surface area contributed by atoms with Gasteiger partial charge in [-0.05, 0) is 26.0 Å². The van der Waals surface area contributed by atoms with Gasteiger partial charge in [-0.3, -0.25) is 0 Å². The highest BCUT2D eigenvalue weighted by Crippen LogP contribution is 2.18. The second-order valence-corrected chi connectivity index (χ2v) is 5.33. The summed E-state index contributed by atoms with van der Waals surface area (Å²) < 4.78 is 0. The average Bonchev–Trinajstić information content (AvgIpc) is 2.60. The summed E-state index contributed by atoms with van der Waals surface area (Å²) in [6.45, 7) is 9.20. The number of carboxylic acid groups (broad SMARTS) is 6. The molecule has 1 aromatic rings. The maximum Gasteiger partial charge on any atom is 0.336 e. The number of hydrogen-bond donors (Lipinski definition) is 6. The van der Waals surface area contributed by atoms with Crippen molar-refractivity contribution in [1.82, 2.24) is 0 Å². The van der Waals surface area contributed by atoms with Crippen LogP contribution < -0.4 is 0 Å². The minimum atomic E-state index is -1.66. The lowest BCUT2D eigenvalue weighted by Crippen LogP contribution is -2.15. The molecule has 1 aromatic carbocycles. The molecule has 0 amide bonds. The Morgan fingerprint density at radius 2 is 0.667 bits per heavy atom. The van der Waals surface area contributed by atoms with Crippen LogP contribution in [-0.2, 0) is 9.59 Å². The fourth-order valence-electron chi connectivity index (χ4n) is 1.31. The summed E-state index contributed by atoms with van der Waals surface area (Å²) in [5.41, 5.74) is -2.80. The zero-order valence-corrected chi connectivity index (χ0v) is 15.7. The number of carboxylic acids is 6. The Bertz CT molecular complexity index is 777. The number of rotatable bonds is 6. The van der Waals surface area contributed by atoms with Crippen LogP contribution in [0, 0.1) is 0 Å². The normalized spacial score (nSPS) is 8.87. The molecule has 0 radical (unpaired) electrons. The van der Waals surface area contributed by atoms with Crippen LogP contribution in [0.4, 0.5) is 0 Å².